The van der Waals surface area contributed by atoms with Crippen molar-refractivity contribution in [2.45, 2.75) is 32.2 Å². The summed E-state index contributed by atoms with van der Waals surface area (Å²) < 4.78 is 5.29. The van der Waals surface area contributed by atoms with Crippen LogP contribution in [0.15, 0.2) is 28.4 Å². The Hall–Kier alpha value is -1.02. The van der Waals surface area contributed by atoms with Gasteiger partial charge in [-0.15, -0.1) is 0 Å². The second-order valence-corrected chi connectivity index (χ2v) is 3.91. The van der Waals surface area contributed by atoms with Crippen molar-refractivity contribution in [1.82, 2.24) is 5.32 Å². The van der Waals surface area contributed by atoms with Gasteiger partial charge in [0.1, 0.15) is 5.76 Å². The van der Waals surface area contributed by atoms with Gasteiger partial charge in [0, 0.05) is 6.04 Å². The van der Waals surface area contributed by atoms with Crippen molar-refractivity contribution in [2.75, 3.05) is 6.54 Å². The second-order valence-electron chi connectivity index (χ2n) is 3.91. The van der Waals surface area contributed by atoms with Crippen LogP contribution in [0.1, 0.15) is 31.9 Å². The molecule has 0 spiro atoms. The molecule has 1 unspecified atom stereocenters. The molecule has 2 nitrogen and oxygen atoms in total. The highest BCUT2D eigenvalue weighted by Crippen LogP contribution is 2.17. The van der Waals surface area contributed by atoms with Crippen LogP contribution in [0.25, 0.3) is 6.08 Å². The quantitative estimate of drug-likeness (QED) is 0.777. The molecule has 2 rings (SSSR count). The fourth-order valence-corrected chi connectivity index (χ4v) is 1.94. The molecule has 1 atom stereocenters. The van der Waals surface area contributed by atoms with Crippen LogP contribution >= 0.6 is 0 Å². The van der Waals surface area contributed by atoms with Crippen molar-refractivity contribution >= 4 is 6.08 Å². The fraction of sp³-hybridized carbons (Fsp3) is 0.500. The molecule has 0 saturated carbocycles. The fourth-order valence-electron chi connectivity index (χ4n) is 1.94. The van der Waals surface area contributed by atoms with Crippen LogP contribution in [-0.2, 0) is 0 Å². The van der Waals surface area contributed by atoms with Crippen molar-refractivity contribution in [1.29, 1.82) is 0 Å². The van der Waals surface area contributed by atoms with Gasteiger partial charge >= 0.3 is 0 Å². The van der Waals surface area contributed by atoms with Crippen molar-refractivity contribution in [2.24, 2.45) is 0 Å². The summed E-state index contributed by atoms with van der Waals surface area (Å²) in [5.74, 6) is 0.954. The predicted octanol–water partition coefficient (Wildman–Crippen LogP) is 2.83. The van der Waals surface area contributed by atoms with Gasteiger partial charge in [-0.1, -0.05) is 12.0 Å². The monoisotopic (exact) mass is 191 g/mol. The summed E-state index contributed by atoms with van der Waals surface area (Å²) in [6.07, 6.45) is 7.74. The standard InChI is InChI=1S/C12H17NO/c1-10(9-11-5-4-8-14-11)12-6-2-3-7-13-12/h4-5,8-9,12-13H,2-3,6-7H2,1H3/b10-9+. The SMILES string of the molecule is C/C(=C\c1ccco1)C1CCCCN1. The normalized spacial score (nSPS) is 23.8. The van der Waals surface area contributed by atoms with Crippen molar-refractivity contribution in [3.05, 3.63) is 29.7 Å². The van der Waals surface area contributed by atoms with Gasteiger partial charge in [0.2, 0.25) is 0 Å². The van der Waals surface area contributed by atoms with E-state index in [1.807, 2.05) is 12.1 Å². The predicted molar refractivity (Wildman–Crippen MR) is 58.0 cm³/mol. The molecule has 0 amide bonds. The van der Waals surface area contributed by atoms with E-state index in [1.54, 1.807) is 6.26 Å². The first-order valence-electron chi connectivity index (χ1n) is 5.31. The van der Waals surface area contributed by atoms with E-state index in [-0.39, 0.29) is 0 Å². The molecular weight excluding hydrogens is 174 g/mol. The van der Waals surface area contributed by atoms with Crippen LogP contribution < -0.4 is 5.32 Å². The van der Waals surface area contributed by atoms with Gasteiger partial charge in [-0.2, -0.15) is 0 Å². The van der Waals surface area contributed by atoms with Crippen LogP contribution in [-0.4, -0.2) is 12.6 Å². The molecule has 2 heteroatoms. The zero-order valence-corrected chi connectivity index (χ0v) is 8.62. The zero-order valence-electron chi connectivity index (χ0n) is 8.62. The lowest BCUT2D eigenvalue weighted by Crippen LogP contribution is -2.34. The Morgan fingerprint density at radius 1 is 1.57 bits per heavy atom. The van der Waals surface area contributed by atoms with Gasteiger partial charge in [-0.25, -0.2) is 0 Å². The van der Waals surface area contributed by atoms with E-state index in [9.17, 15) is 0 Å². The summed E-state index contributed by atoms with van der Waals surface area (Å²) in [7, 11) is 0. The third-order valence-corrected chi connectivity index (χ3v) is 2.77. The van der Waals surface area contributed by atoms with Gasteiger partial charge in [0.05, 0.1) is 6.26 Å². The van der Waals surface area contributed by atoms with Gasteiger partial charge in [0.15, 0.2) is 0 Å². The van der Waals surface area contributed by atoms with E-state index in [1.165, 1.54) is 24.8 Å². The van der Waals surface area contributed by atoms with E-state index in [0.29, 0.717) is 6.04 Å². The molecule has 1 aromatic heterocycles. The third-order valence-electron chi connectivity index (χ3n) is 2.77. The smallest absolute Gasteiger partial charge is 0.126 e. The summed E-state index contributed by atoms with van der Waals surface area (Å²) in [5, 5.41) is 3.52. The molecule has 1 saturated heterocycles. The molecule has 1 fully saturated rings. The first-order valence-corrected chi connectivity index (χ1v) is 5.31. The summed E-state index contributed by atoms with van der Waals surface area (Å²) in [6.45, 7) is 3.32. The minimum Gasteiger partial charge on any atom is -0.465 e. The molecule has 76 valence electrons. The third kappa shape index (κ3) is 2.26. The number of furan rings is 1. The van der Waals surface area contributed by atoms with Crippen LogP contribution in [0, 0.1) is 0 Å². The Labute approximate surface area is 85.0 Å². The van der Waals surface area contributed by atoms with E-state index >= 15 is 0 Å². The maximum Gasteiger partial charge on any atom is 0.126 e. The molecule has 1 aliphatic heterocycles. The molecule has 1 aliphatic rings. The van der Waals surface area contributed by atoms with Crippen LogP contribution in [0.2, 0.25) is 0 Å². The molecule has 0 aliphatic carbocycles. The minimum absolute atomic E-state index is 0.550. The largest absolute Gasteiger partial charge is 0.465 e. The average molecular weight is 191 g/mol. The molecule has 0 aromatic carbocycles. The van der Waals surface area contributed by atoms with Gasteiger partial charge in [0.25, 0.3) is 0 Å². The number of hydrogen-bond donors (Lipinski definition) is 1. The maximum absolute atomic E-state index is 5.29. The number of nitrogens with one attached hydrogen (secondary N) is 1. The van der Waals surface area contributed by atoms with E-state index in [4.69, 9.17) is 4.42 Å². The molecule has 2 heterocycles. The van der Waals surface area contributed by atoms with Gasteiger partial charge in [-0.05, 0) is 44.5 Å². The number of piperidine rings is 1. The molecule has 1 aromatic rings. The summed E-state index contributed by atoms with van der Waals surface area (Å²) in [5.41, 5.74) is 1.37. The molecule has 14 heavy (non-hydrogen) atoms. The minimum atomic E-state index is 0.550. The summed E-state index contributed by atoms with van der Waals surface area (Å²) in [4.78, 5) is 0. The van der Waals surface area contributed by atoms with Crippen molar-refractivity contribution < 1.29 is 4.42 Å². The number of hydrogen-bond acceptors (Lipinski definition) is 2. The summed E-state index contributed by atoms with van der Waals surface area (Å²) >= 11 is 0. The van der Waals surface area contributed by atoms with Crippen LogP contribution in [0.3, 0.4) is 0 Å². The molecule has 1 N–H and O–H groups in total. The highest BCUT2D eigenvalue weighted by atomic mass is 16.3. The highest BCUT2D eigenvalue weighted by Gasteiger charge is 2.13. The topological polar surface area (TPSA) is 25.2 Å². The Morgan fingerprint density at radius 2 is 2.50 bits per heavy atom. The zero-order chi connectivity index (χ0) is 9.80. The molecule has 0 radical (unpaired) electrons. The van der Waals surface area contributed by atoms with Crippen molar-refractivity contribution in [3.8, 4) is 0 Å². The first-order chi connectivity index (χ1) is 6.86. The lowest BCUT2D eigenvalue weighted by atomic mass is 9.98. The number of rotatable bonds is 2. The molecule has 0 bridgehead atoms. The molecular formula is C12H17NO. The van der Waals surface area contributed by atoms with Crippen LogP contribution in [0.4, 0.5) is 0 Å². The van der Waals surface area contributed by atoms with Crippen molar-refractivity contribution in [3.63, 3.8) is 0 Å². The van der Waals surface area contributed by atoms with E-state index in [0.717, 1.165) is 12.3 Å². The Morgan fingerprint density at radius 3 is 3.14 bits per heavy atom. The van der Waals surface area contributed by atoms with Gasteiger partial charge in [-0.3, -0.25) is 0 Å². The highest BCUT2D eigenvalue weighted by molar-refractivity contribution is 5.48. The Kier molecular flexibility index (Phi) is 3.04. The first kappa shape index (κ1) is 9.53. The Balaban J connectivity index is 2.02. The van der Waals surface area contributed by atoms with E-state index in [2.05, 4.69) is 18.3 Å². The Bertz CT molecular complexity index is 294. The second kappa shape index (κ2) is 4.47. The lowest BCUT2D eigenvalue weighted by Gasteiger charge is -2.24. The van der Waals surface area contributed by atoms with Crippen LogP contribution in [0.5, 0.6) is 0 Å². The maximum atomic E-state index is 5.29. The average Bonchev–Trinajstić information content (AvgIpc) is 2.72. The van der Waals surface area contributed by atoms with E-state index < -0.39 is 0 Å². The van der Waals surface area contributed by atoms with Gasteiger partial charge < -0.3 is 9.73 Å². The summed E-state index contributed by atoms with van der Waals surface area (Å²) in [6, 6.07) is 4.47. The lowest BCUT2D eigenvalue weighted by molar-refractivity contribution is 0.440.